The SMILES string of the molecule is Cc1ccc(C(=O)N[C@@H]2CCC(=O)NC2=O)c(F)c1.N.[HH].[HH]. The minimum Gasteiger partial charge on any atom is -0.344 e. The van der Waals surface area contributed by atoms with Crippen LogP contribution in [0.25, 0.3) is 0 Å². The van der Waals surface area contributed by atoms with E-state index < -0.39 is 23.7 Å². The van der Waals surface area contributed by atoms with Gasteiger partial charge in [-0.3, -0.25) is 19.7 Å². The minimum absolute atomic E-state index is 0. The largest absolute Gasteiger partial charge is 0.344 e. The maximum atomic E-state index is 13.6. The summed E-state index contributed by atoms with van der Waals surface area (Å²) in [6, 6.07) is 3.43. The van der Waals surface area contributed by atoms with Gasteiger partial charge in [-0.05, 0) is 31.0 Å². The van der Waals surface area contributed by atoms with Crippen LogP contribution in [0.5, 0.6) is 0 Å². The molecule has 5 N–H and O–H groups in total. The second-order valence-corrected chi connectivity index (χ2v) is 4.46. The molecule has 1 aromatic carbocycles. The van der Waals surface area contributed by atoms with Crippen molar-refractivity contribution in [1.29, 1.82) is 0 Å². The normalized spacial score (nSPS) is 18.0. The Balaban J connectivity index is 0. The fraction of sp³-hybridized carbons (Fsp3) is 0.308. The van der Waals surface area contributed by atoms with E-state index in [9.17, 15) is 18.8 Å². The summed E-state index contributed by atoms with van der Waals surface area (Å²) in [7, 11) is 0. The Kier molecular flexibility index (Phi) is 4.93. The van der Waals surface area contributed by atoms with Crippen LogP contribution < -0.4 is 16.8 Å². The van der Waals surface area contributed by atoms with Crippen LogP contribution in [0.3, 0.4) is 0 Å². The molecule has 0 unspecified atom stereocenters. The van der Waals surface area contributed by atoms with Gasteiger partial charge in [0.2, 0.25) is 11.8 Å². The highest BCUT2D eigenvalue weighted by Gasteiger charge is 2.28. The second kappa shape index (κ2) is 6.25. The van der Waals surface area contributed by atoms with Crippen molar-refractivity contribution in [3.8, 4) is 0 Å². The van der Waals surface area contributed by atoms with Crippen LogP contribution in [0.4, 0.5) is 4.39 Å². The number of hydrogen-bond acceptors (Lipinski definition) is 4. The summed E-state index contributed by atoms with van der Waals surface area (Å²) >= 11 is 0. The van der Waals surface area contributed by atoms with Crippen LogP contribution in [0.15, 0.2) is 18.2 Å². The Morgan fingerprint density at radius 3 is 2.75 bits per heavy atom. The average molecular weight is 285 g/mol. The van der Waals surface area contributed by atoms with Gasteiger partial charge in [0.05, 0.1) is 5.56 Å². The van der Waals surface area contributed by atoms with Crippen molar-refractivity contribution in [3.05, 3.63) is 35.1 Å². The number of carbonyl (C=O) groups is 3. The van der Waals surface area contributed by atoms with Crippen molar-refractivity contribution in [2.24, 2.45) is 0 Å². The lowest BCUT2D eigenvalue weighted by molar-refractivity contribution is -0.134. The Bertz CT molecular complexity index is 569. The number of halogens is 1. The number of carbonyl (C=O) groups excluding carboxylic acids is 3. The molecule has 0 bridgehead atoms. The Hall–Kier alpha value is -2.28. The third-order valence-electron chi connectivity index (χ3n) is 2.91. The van der Waals surface area contributed by atoms with Crippen LogP contribution in [0, 0.1) is 12.7 Å². The van der Waals surface area contributed by atoms with E-state index in [0.29, 0.717) is 5.56 Å². The summed E-state index contributed by atoms with van der Waals surface area (Å²) in [5.74, 6) is -2.22. The number of imide groups is 1. The molecular weight excluding hydrogens is 265 g/mol. The number of rotatable bonds is 2. The van der Waals surface area contributed by atoms with Crippen molar-refractivity contribution in [2.75, 3.05) is 0 Å². The summed E-state index contributed by atoms with van der Waals surface area (Å²) in [5.41, 5.74) is 0.588. The van der Waals surface area contributed by atoms with Crippen LogP contribution >= 0.6 is 0 Å². The molecule has 7 heteroatoms. The summed E-state index contributed by atoms with van der Waals surface area (Å²) < 4.78 is 13.6. The lowest BCUT2D eigenvalue weighted by Gasteiger charge is -2.21. The molecular formula is C13H20FN3O3. The van der Waals surface area contributed by atoms with Gasteiger partial charge in [-0.15, -0.1) is 0 Å². The van der Waals surface area contributed by atoms with E-state index in [2.05, 4.69) is 10.6 Å². The number of aryl methyl sites for hydroxylation is 1. The third kappa shape index (κ3) is 3.39. The lowest BCUT2D eigenvalue weighted by atomic mass is 10.0. The van der Waals surface area contributed by atoms with E-state index in [1.54, 1.807) is 13.0 Å². The zero-order chi connectivity index (χ0) is 14.0. The molecule has 1 heterocycles. The van der Waals surface area contributed by atoms with Gasteiger partial charge in [-0.2, -0.15) is 0 Å². The Morgan fingerprint density at radius 1 is 1.45 bits per heavy atom. The predicted octanol–water partition coefficient (Wildman–Crippen LogP) is 1.32. The first kappa shape index (κ1) is 15.8. The molecule has 1 saturated heterocycles. The van der Waals surface area contributed by atoms with E-state index in [1.165, 1.54) is 12.1 Å². The first-order chi connectivity index (χ1) is 8.97. The Morgan fingerprint density at radius 2 is 2.15 bits per heavy atom. The summed E-state index contributed by atoms with van der Waals surface area (Å²) in [4.78, 5) is 34.3. The smallest absolute Gasteiger partial charge is 0.254 e. The van der Waals surface area contributed by atoms with E-state index in [0.717, 1.165) is 0 Å². The monoisotopic (exact) mass is 285 g/mol. The molecule has 1 aliphatic rings. The van der Waals surface area contributed by atoms with Gasteiger partial charge in [0.15, 0.2) is 0 Å². The second-order valence-electron chi connectivity index (χ2n) is 4.46. The van der Waals surface area contributed by atoms with Crippen molar-refractivity contribution >= 4 is 17.7 Å². The molecule has 1 aliphatic heterocycles. The summed E-state index contributed by atoms with van der Waals surface area (Å²) in [6.07, 6.45) is 0.386. The fourth-order valence-corrected chi connectivity index (χ4v) is 1.87. The highest BCUT2D eigenvalue weighted by molar-refractivity contribution is 6.03. The van der Waals surface area contributed by atoms with Gasteiger partial charge in [0.25, 0.3) is 5.91 Å². The lowest BCUT2D eigenvalue weighted by Crippen LogP contribution is -2.52. The average Bonchev–Trinajstić information content (AvgIpc) is 2.32. The number of amides is 3. The minimum atomic E-state index is -0.800. The third-order valence-corrected chi connectivity index (χ3v) is 2.91. The molecule has 1 fully saturated rings. The van der Waals surface area contributed by atoms with Crippen molar-refractivity contribution in [3.63, 3.8) is 0 Å². The highest BCUT2D eigenvalue weighted by Crippen LogP contribution is 2.11. The van der Waals surface area contributed by atoms with E-state index >= 15 is 0 Å². The topological polar surface area (TPSA) is 110 Å². The first-order valence-electron chi connectivity index (χ1n) is 5.88. The number of nitrogens with one attached hydrogen (secondary N) is 2. The van der Waals surface area contributed by atoms with Crippen LogP contribution in [-0.2, 0) is 9.59 Å². The van der Waals surface area contributed by atoms with Crippen molar-refractivity contribution in [2.45, 2.75) is 25.8 Å². The summed E-state index contributed by atoms with van der Waals surface area (Å²) in [5, 5.41) is 4.55. The first-order valence-corrected chi connectivity index (χ1v) is 5.88. The van der Waals surface area contributed by atoms with Gasteiger partial charge < -0.3 is 11.5 Å². The number of hydrogen-bond donors (Lipinski definition) is 3. The maximum absolute atomic E-state index is 13.6. The Labute approximate surface area is 118 Å². The van der Waals surface area contributed by atoms with Gasteiger partial charge in [0, 0.05) is 9.27 Å². The fourth-order valence-electron chi connectivity index (χ4n) is 1.87. The molecule has 2 rings (SSSR count). The van der Waals surface area contributed by atoms with Gasteiger partial charge in [0.1, 0.15) is 11.9 Å². The highest BCUT2D eigenvalue weighted by atomic mass is 19.1. The predicted molar refractivity (Wildman–Crippen MR) is 74.0 cm³/mol. The van der Waals surface area contributed by atoms with Crippen LogP contribution in [0.1, 0.15) is 31.6 Å². The molecule has 0 spiro atoms. The van der Waals surface area contributed by atoms with Crippen molar-refractivity contribution < 1.29 is 21.6 Å². The maximum Gasteiger partial charge on any atom is 0.254 e. The van der Waals surface area contributed by atoms with E-state index in [4.69, 9.17) is 0 Å². The molecule has 6 nitrogen and oxygen atoms in total. The van der Waals surface area contributed by atoms with E-state index in [-0.39, 0.29) is 33.3 Å². The van der Waals surface area contributed by atoms with Gasteiger partial charge in [-0.1, -0.05) is 6.07 Å². The number of piperidine rings is 1. The van der Waals surface area contributed by atoms with Crippen LogP contribution in [-0.4, -0.2) is 23.8 Å². The van der Waals surface area contributed by atoms with Gasteiger partial charge in [-0.25, -0.2) is 4.39 Å². The van der Waals surface area contributed by atoms with E-state index in [1.807, 2.05) is 0 Å². The molecule has 1 aromatic rings. The molecule has 20 heavy (non-hydrogen) atoms. The molecule has 0 radical (unpaired) electrons. The zero-order valence-electron chi connectivity index (χ0n) is 11.0. The quantitative estimate of drug-likeness (QED) is 0.712. The molecule has 1 atom stereocenters. The summed E-state index contributed by atoms with van der Waals surface area (Å²) in [6.45, 7) is 1.71. The number of benzene rings is 1. The van der Waals surface area contributed by atoms with Crippen LogP contribution in [0.2, 0.25) is 0 Å². The molecule has 112 valence electrons. The van der Waals surface area contributed by atoms with Crippen molar-refractivity contribution in [1.82, 2.24) is 16.8 Å². The molecule has 0 aliphatic carbocycles. The molecule has 3 amide bonds. The van der Waals surface area contributed by atoms with Gasteiger partial charge >= 0.3 is 0 Å². The molecule has 0 saturated carbocycles. The standard InChI is InChI=1S/C13H13FN2O3.H3N.2H2/c1-7-2-3-8(9(14)6-7)12(18)15-10-4-5-11(17)16-13(10)19;;;/h2-3,6,10H,4-5H2,1H3,(H,15,18)(H,16,17,19);1H3;2*1H/t10-;;;/m1.../s1. The zero-order valence-corrected chi connectivity index (χ0v) is 11.0. The molecule has 0 aromatic heterocycles.